The molecular formula is C15H15Cl2N. The molecule has 1 N–H and O–H groups in total. The van der Waals surface area contributed by atoms with Gasteiger partial charge in [0.1, 0.15) is 0 Å². The van der Waals surface area contributed by atoms with Crippen LogP contribution in [0.25, 0.3) is 0 Å². The van der Waals surface area contributed by atoms with E-state index in [2.05, 4.69) is 11.4 Å². The maximum absolute atomic E-state index is 6.19. The second-order valence-electron chi connectivity index (χ2n) is 4.43. The van der Waals surface area contributed by atoms with Crippen LogP contribution in [-0.2, 0) is 6.54 Å². The zero-order chi connectivity index (χ0) is 13.1. The Morgan fingerprint density at radius 2 is 1.50 bits per heavy atom. The predicted octanol–water partition coefficient (Wildman–Crippen LogP) is 5.22. The molecule has 1 nitrogen and oxygen atoms in total. The summed E-state index contributed by atoms with van der Waals surface area (Å²) in [5.41, 5.74) is 4.31. The molecule has 0 atom stereocenters. The first-order valence-electron chi connectivity index (χ1n) is 5.81. The van der Waals surface area contributed by atoms with E-state index in [0.29, 0.717) is 6.54 Å². The van der Waals surface area contributed by atoms with Gasteiger partial charge in [0.2, 0.25) is 0 Å². The first-order chi connectivity index (χ1) is 8.56. The highest BCUT2D eigenvalue weighted by Gasteiger charge is 2.03. The Bertz CT molecular complexity index is 513. The average Bonchev–Trinajstić information content (AvgIpc) is 2.30. The van der Waals surface area contributed by atoms with Crippen molar-refractivity contribution in [1.29, 1.82) is 0 Å². The van der Waals surface area contributed by atoms with E-state index in [9.17, 15) is 0 Å². The van der Waals surface area contributed by atoms with Gasteiger partial charge in [-0.3, -0.25) is 0 Å². The normalized spacial score (nSPS) is 10.4. The van der Waals surface area contributed by atoms with Crippen LogP contribution < -0.4 is 5.32 Å². The van der Waals surface area contributed by atoms with Crippen molar-refractivity contribution in [2.24, 2.45) is 0 Å². The summed E-state index contributed by atoms with van der Waals surface area (Å²) in [6, 6.07) is 12.0. The van der Waals surface area contributed by atoms with Crippen LogP contribution in [0.1, 0.15) is 16.7 Å². The highest BCUT2D eigenvalue weighted by molar-refractivity contribution is 6.33. The zero-order valence-corrected chi connectivity index (χ0v) is 11.9. The van der Waals surface area contributed by atoms with Crippen molar-refractivity contribution in [2.75, 3.05) is 5.32 Å². The quantitative estimate of drug-likeness (QED) is 0.812. The summed E-state index contributed by atoms with van der Waals surface area (Å²) < 4.78 is 0. The summed E-state index contributed by atoms with van der Waals surface area (Å²) in [7, 11) is 0. The fourth-order valence-corrected chi connectivity index (χ4v) is 2.35. The molecule has 0 aliphatic heterocycles. The molecule has 3 heteroatoms. The maximum atomic E-state index is 6.19. The number of benzene rings is 2. The van der Waals surface area contributed by atoms with E-state index in [4.69, 9.17) is 23.2 Å². The fraction of sp³-hybridized carbons (Fsp3) is 0.200. The molecular weight excluding hydrogens is 265 g/mol. The van der Waals surface area contributed by atoms with Gasteiger partial charge in [0, 0.05) is 11.6 Å². The Morgan fingerprint density at radius 1 is 0.889 bits per heavy atom. The van der Waals surface area contributed by atoms with Gasteiger partial charge in [0.25, 0.3) is 0 Å². The van der Waals surface area contributed by atoms with E-state index in [0.717, 1.165) is 32.4 Å². The first kappa shape index (κ1) is 13.3. The second kappa shape index (κ2) is 5.64. The summed E-state index contributed by atoms with van der Waals surface area (Å²) in [5, 5.41) is 4.82. The van der Waals surface area contributed by atoms with E-state index < -0.39 is 0 Å². The molecule has 0 fully saturated rings. The van der Waals surface area contributed by atoms with Crippen molar-refractivity contribution >= 4 is 28.9 Å². The molecule has 0 heterocycles. The van der Waals surface area contributed by atoms with Crippen LogP contribution in [0.5, 0.6) is 0 Å². The summed E-state index contributed by atoms with van der Waals surface area (Å²) in [6.45, 7) is 4.72. The number of rotatable bonds is 3. The third-order valence-electron chi connectivity index (χ3n) is 2.80. The van der Waals surface area contributed by atoms with Gasteiger partial charge in [0.05, 0.1) is 10.7 Å². The summed E-state index contributed by atoms with van der Waals surface area (Å²) in [6.07, 6.45) is 0. The van der Waals surface area contributed by atoms with Crippen molar-refractivity contribution in [3.05, 3.63) is 63.1 Å². The third kappa shape index (κ3) is 3.18. The Hall–Kier alpha value is -1.18. The van der Waals surface area contributed by atoms with E-state index in [1.165, 1.54) is 0 Å². The largest absolute Gasteiger partial charge is 0.380 e. The van der Waals surface area contributed by atoms with Gasteiger partial charge in [-0.25, -0.2) is 0 Å². The van der Waals surface area contributed by atoms with Gasteiger partial charge < -0.3 is 5.32 Å². The Balaban J connectivity index is 2.11. The van der Waals surface area contributed by atoms with Crippen molar-refractivity contribution in [3.63, 3.8) is 0 Å². The van der Waals surface area contributed by atoms with Crippen molar-refractivity contribution in [3.8, 4) is 0 Å². The molecule has 2 aromatic rings. The molecule has 2 rings (SSSR count). The second-order valence-corrected chi connectivity index (χ2v) is 5.25. The predicted molar refractivity (Wildman–Crippen MR) is 79.7 cm³/mol. The van der Waals surface area contributed by atoms with Gasteiger partial charge in [0.15, 0.2) is 0 Å². The molecule has 0 aromatic heterocycles. The van der Waals surface area contributed by atoms with Crippen LogP contribution >= 0.6 is 23.2 Å². The Morgan fingerprint density at radius 3 is 2.11 bits per heavy atom. The number of halogens is 2. The van der Waals surface area contributed by atoms with E-state index >= 15 is 0 Å². The van der Waals surface area contributed by atoms with Gasteiger partial charge in [-0.2, -0.15) is 0 Å². The molecule has 0 radical (unpaired) electrons. The van der Waals surface area contributed by atoms with Crippen LogP contribution in [0.3, 0.4) is 0 Å². The lowest BCUT2D eigenvalue weighted by Gasteiger charge is -2.10. The smallest absolute Gasteiger partial charge is 0.0640 e. The number of hydrogen-bond acceptors (Lipinski definition) is 1. The molecule has 0 bridgehead atoms. The summed E-state index contributed by atoms with van der Waals surface area (Å²) >= 11 is 12.4. The molecule has 0 saturated heterocycles. The maximum Gasteiger partial charge on any atom is 0.0640 e. The van der Waals surface area contributed by atoms with E-state index in [1.54, 1.807) is 0 Å². The Labute approximate surface area is 118 Å². The average molecular weight is 280 g/mol. The van der Waals surface area contributed by atoms with E-state index in [1.807, 2.05) is 44.2 Å². The fourth-order valence-electron chi connectivity index (χ4n) is 1.75. The molecule has 0 saturated carbocycles. The van der Waals surface area contributed by atoms with Crippen LogP contribution in [0.2, 0.25) is 10.0 Å². The van der Waals surface area contributed by atoms with Crippen molar-refractivity contribution in [2.45, 2.75) is 20.4 Å². The van der Waals surface area contributed by atoms with Gasteiger partial charge in [-0.05, 0) is 48.7 Å². The van der Waals surface area contributed by atoms with Gasteiger partial charge >= 0.3 is 0 Å². The first-order valence-corrected chi connectivity index (χ1v) is 6.57. The van der Waals surface area contributed by atoms with E-state index in [-0.39, 0.29) is 0 Å². The summed E-state index contributed by atoms with van der Waals surface area (Å²) in [4.78, 5) is 0. The van der Waals surface area contributed by atoms with Crippen LogP contribution in [0.4, 0.5) is 5.69 Å². The zero-order valence-electron chi connectivity index (χ0n) is 10.4. The molecule has 0 aliphatic rings. The number of aryl methyl sites for hydroxylation is 2. The van der Waals surface area contributed by atoms with Crippen molar-refractivity contribution < 1.29 is 0 Å². The third-order valence-corrected chi connectivity index (χ3v) is 3.47. The Kier molecular flexibility index (Phi) is 4.15. The summed E-state index contributed by atoms with van der Waals surface area (Å²) in [5.74, 6) is 0. The minimum atomic E-state index is 0.669. The lowest BCUT2D eigenvalue weighted by molar-refractivity contribution is 1.14. The minimum absolute atomic E-state index is 0.669. The molecule has 94 valence electrons. The van der Waals surface area contributed by atoms with Crippen LogP contribution in [-0.4, -0.2) is 0 Å². The van der Waals surface area contributed by atoms with Gasteiger partial charge in [-0.1, -0.05) is 41.4 Å². The van der Waals surface area contributed by atoms with Crippen LogP contribution in [0.15, 0.2) is 36.4 Å². The topological polar surface area (TPSA) is 12.0 Å². The highest BCUT2D eigenvalue weighted by Crippen LogP contribution is 2.24. The monoisotopic (exact) mass is 279 g/mol. The number of anilines is 1. The molecule has 0 aliphatic carbocycles. The number of nitrogens with one attached hydrogen (secondary N) is 1. The molecule has 0 spiro atoms. The van der Waals surface area contributed by atoms with Crippen molar-refractivity contribution in [1.82, 2.24) is 0 Å². The van der Waals surface area contributed by atoms with Gasteiger partial charge in [-0.15, -0.1) is 0 Å². The standard InChI is InChI=1S/C15H15Cl2N/c1-10-3-5-12(13(16)7-10)9-18-15-6-4-11(2)8-14(15)17/h3-8,18H,9H2,1-2H3. The molecule has 2 aromatic carbocycles. The lowest BCUT2D eigenvalue weighted by Crippen LogP contribution is -2.00. The highest BCUT2D eigenvalue weighted by atomic mass is 35.5. The molecule has 18 heavy (non-hydrogen) atoms. The number of hydrogen-bond donors (Lipinski definition) is 1. The van der Waals surface area contributed by atoms with Crippen LogP contribution in [0, 0.1) is 13.8 Å². The minimum Gasteiger partial charge on any atom is -0.380 e. The molecule has 0 amide bonds. The SMILES string of the molecule is Cc1ccc(CNc2ccc(C)cc2Cl)c(Cl)c1. The molecule has 0 unspecified atom stereocenters. The lowest BCUT2D eigenvalue weighted by atomic mass is 10.1.